The molecule has 3 aromatic carbocycles. The summed E-state index contributed by atoms with van der Waals surface area (Å²) in [6, 6.07) is 13.1. The Kier molecular flexibility index (Phi) is 8.70. The first-order valence-electron chi connectivity index (χ1n) is 14.0. The van der Waals surface area contributed by atoms with E-state index in [-0.39, 0.29) is 18.2 Å². The topological polar surface area (TPSA) is 167 Å². The molecule has 0 aromatic heterocycles. The Balaban J connectivity index is 1.99. The van der Waals surface area contributed by atoms with Gasteiger partial charge in [-0.25, -0.2) is 4.39 Å². The first-order chi connectivity index (χ1) is 24.8. The minimum Gasteiger partial charge on any atom is -0.206 e. The van der Waals surface area contributed by atoms with Gasteiger partial charge in [-0.2, -0.15) is 76.3 Å². The maximum Gasteiger partial charge on any atom is 0.417 e. The summed E-state index contributed by atoms with van der Waals surface area (Å²) in [6.07, 6.45) is -15.9. The van der Waals surface area contributed by atoms with Crippen molar-refractivity contribution in [2.24, 2.45) is 0 Å². The van der Waals surface area contributed by atoms with Crippen molar-refractivity contribution in [3.8, 4) is 42.5 Å². The van der Waals surface area contributed by atoms with Crippen molar-refractivity contribution in [3.63, 3.8) is 0 Å². The standard InChI is InChI=1S/C36H7F10N7/c37-33-31-22(29(18(9-48)10-49)27(24(31)13-52)15-1-2-26(36(44,45)46)17(3-15)8-47)7-23-30(19(11-50)12-51)28(25(14-53)32(23)33)16-4-20(34(38,39)40)6-21(5-16)35(41,42)43/h1-7H. The number of hydrogen-bond donors (Lipinski definition) is 0. The lowest BCUT2D eigenvalue weighted by atomic mass is 9.88. The van der Waals surface area contributed by atoms with E-state index >= 15 is 4.39 Å². The van der Waals surface area contributed by atoms with Crippen LogP contribution in [0.5, 0.6) is 0 Å². The molecule has 53 heavy (non-hydrogen) atoms. The van der Waals surface area contributed by atoms with Crippen LogP contribution in [0, 0.1) is 85.1 Å². The smallest absolute Gasteiger partial charge is 0.206 e. The van der Waals surface area contributed by atoms with Gasteiger partial charge in [0.1, 0.15) is 53.4 Å². The second-order valence-electron chi connectivity index (χ2n) is 10.9. The highest BCUT2D eigenvalue weighted by molar-refractivity contribution is 6.30. The third-order valence-corrected chi connectivity index (χ3v) is 8.09. The van der Waals surface area contributed by atoms with Gasteiger partial charge >= 0.3 is 18.5 Å². The Bertz CT molecular complexity index is 2590. The number of benzene rings is 3. The first kappa shape index (κ1) is 36.6. The van der Waals surface area contributed by atoms with E-state index in [9.17, 15) is 76.3 Å². The van der Waals surface area contributed by atoms with E-state index < -0.39 is 125 Å². The van der Waals surface area contributed by atoms with Crippen molar-refractivity contribution in [1.29, 1.82) is 36.8 Å². The van der Waals surface area contributed by atoms with E-state index in [0.29, 0.717) is 12.1 Å². The second kappa shape index (κ2) is 12.6. The van der Waals surface area contributed by atoms with Gasteiger partial charge in [0, 0.05) is 33.4 Å². The van der Waals surface area contributed by atoms with Crippen LogP contribution < -0.4 is 0 Å². The van der Waals surface area contributed by atoms with Gasteiger partial charge in [-0.15, -0.1) is 0 Å². The van der Waals surface area contributed by atoms with Crippen LogP contribution in [0.25, 0.3) is 33.4 Å². The number of fused-ring (bicyclic) bond motifs is 2. The predicted molar refractivity (Wildman–Crippen MR) is 160 cm³/mol. The summed E-state index contributed by atoms with van der Waals surface area (Å²) in [6.45, 7) is 0. The van der Waals surface area contributed by atoms with E-state index in [2.05, 4.69) is 0 Å². The Morgan fingerprint density at radius 3 is 1.28 bits per heavy atom. The summed E-state index contributed by atoms with van der Waals surface area (Å²) in [7, 11) is 0. The van der Waals surface area contributed by atoms with Crippen molar-refractivity contribution in [3.05, 3.63) is 115 Å². The van der Waals surface area contributed by atoms with Crippen LogP contribution in [0.1, 0.15) is 55.6 Å². The average Bonchev–Trinajstić information content (AvgIpc) is 3.61. The quantitative estimate of drug-likeness (QED) is 0.187. The normalized spacial score (nSPS) is 13.5. The molecule has 5 rings (SSSR count). The summed E-state index contributed by atoms with van der Waals surface area (Å²) < 4.78 is 141. The van der Waals surface area contributed by atoms with Gasteiger partial charge in [-0.1, -0.05) is 6.07 Å². The number of alkyl halides is 9. The molecule has 0 atom stereocenters. The molecule has 2 aliphatic rings. The SMILES string of the molecule is N#CC(C#N)=C1C(c2cc(C(F)(F)F)cc(C(F)(F)F)c2)=C(C#N)c2c1cc1c(c2F)C(C#N)=C(c2ccc(C(F)(F)F)c(C#N)c2)C1=C(C#N)C#N. The summed E-state index contributed by atoms with van der Waals surface area (Å²) >= 11 is 0. The molecule has 0 saturated heterocycles. The molecule has 0 bridgehead atoms. The molecular formula is C36H7F10N7. The lowest BCUT2D eigenvalue weighted by Gasteiger charge is -2.16. The van der Waals surface area contributed by atoms with E-state index in [1.807, 2.05) is 0 Å². The van der Waals surface area contributed by atoms with Crippen molar-refractivity contribution >= 4 is 33.4 Å². The Morgan fingerprint density at radius 1 is 0.491 bits per heavy atom. The van der Waals surface area contributed by atoms with Gasteiger partial charge in [-0.3, -0.25) is 0 Å². The van der Waals surface area contributed by atoms with Gasteiger partial charge in [0.2, 0.25) is 0 Å². The van der Waals surface area contributed by atoms with Crippen LogP contribution in [0.3, 0.4) is 0 Å². The van der Waals surface area contributed by atoms with E-state index in [4.69, 9.17) is 0 Å². The van der Waals surface area contributed by atoms with Crippen LogP contribution >= 0.6 is 0 Å². The van der Waals surface area contributed by atoms with Crippen molar-refractivity contribution in [2.75, 3.05) is 0 Å². The van der Waals surface area contributed by atoms with Crippen LogP contribution in [0.15, 0.2) is 53.6 Å². The van der Waals surface area contributed by atoms with E-state index in [1.165, 1.54) is 36.4 Å². The van der Waals surface area contributed by atoms with Gasteiger partial charge in [0.25, 0.3) is 0 Å². The van der Waals surface area contributed by atoms with E-state index in [0.717, 1.165) is 12.1 Å². The zero-order valence-electron chi connectivity index (χ0n) is 25.5. The summed E-state index contributed by atoms with van der Waals surface area (Å²) in [5.74, 6) is -1.59. The Hall–Kier alpha value is -7.65. The lowest BCUT2D eigenvalue weighted by molar-refractivity contribution is -0.143. The largest absolute Gasteiger partial charge is 0.417 e. The third-order valence-electron chi connectivity index (χ3n) is 8.09. The lowest BCUT2D eigenvalue weighted by Crippen LogP contribution is -2.12. The van der Waals surface area contributed by atoms with Crippen LogP contribution in [0.4, 0.5) is 43.9 Å². The van der Waals surface area contributed by atoms with E-state index in [1.54, 1.807) is 6.07 Å². The molecule has 0 spiro atoms. The number of halogens is 10. The van der Waals surface area contributed by atoms with Gasteiger partial charge < -0.3 is 0 Å². The molecule has 256 valence electrons. The Labute approximate surface area is 290 Å². The minimum atomic E-state index is -5.41. The first-order valence-corrected chi connectivity index (χ1v) is 14.0. The number of hydrogen-bond acceptors (Lipinski definition) is 7. The van der Waals surface area contributed by atoms with Gasteiger partial charge in [0.05, 0.1) is 39.5 Å². The molecule has 17 heteroatoms. The fourth-order valence-electron chi connectivity index (χ4n) is 6.04. The highest BCUT2D eigenvalue weighted by Gasteiger charge is 2.43. The molecule has 0 radical (unpaired) electrons. The molecule has 0 aliphatic heterocycles. The fraction of sp³-hybridized carbons (Fsp3) is 0.0833. The zero-order chi connectivity index (χ0) is 39.4. The molecule has 0 saturated carbocycles. The molecular weight excluding hydrogens is 720 g/mol. The average molecular weight is 727 g/mol. The molecule has 7 nitrogen and oxygen atoms in total. The van der Waals surface area contributed by atoms with Crippen molar-refractivity contribution in [1.82, 2.24) is 0 Å². The van der Waals surface area contributed by atoms with Crippen LogP contribution in [-0.2, 0) is 18.5 Å². The summed E-state index contributed by atoms with van der Waals surface area (Å²) in [5.41, 5.74) is -17.0. The second-order valence-corrected chi connectivity index (χ2v) is 10.9. The Morgan fingerprint density at radius 2 is 0.925 bits per heavy atom. The predicted octanol–water partition coefficient (Wildman–Crippen LogP) is 9.25. The maximum absolute atomic E-state index is 17.0. The minimum absolute atomic E-state index is 0.177. The number of nitrogens with zero attached hydrogens (tertiary/aromatic N) is 7. The monoisotopic (exact) mass is 727 g/mol. The molecule has 3 aromatic rings. The maximum atomic E-state index is 17.0. The number of rotatable bonds is 2. The molecule has 0 unspecified atom stereocenters. The summed E-state index contributed by atoms with van der Waals surface area (Å²) in [5, 5.41) is 69.4. The fourth-order valence-corrected chi connectivity index (χ4v) is 6.04. The highest BCUT2D eigenvalue weighted by atomic mass is 19.4. The number of allylic oxidation sites excluding steroid dienone is 8. The van der Waals surface area contributed by atoms with Gasteiger partial charge in [0.15, 0.2) is 0 Å². The number of nitriles is 7. The molecule has 2 aliphatic carbocycles. The van der Waals surface area contributed by atoms with Crippen LogP contribution in [0.2, 0.25) is 0 Å². The van der Waals surface area contributed by atoms with Gasteiger partial charge in [-0.05, 0) is 58.7 Å². The van der Waals surface area contributed by atoms with Crippen molar-refractivity contribution in [2.45, 2.75) is 18.5 Å². The highest BCUT2D eigenvalue weighted by Crippen LogP contribution is 2.56. The molecule has 0 fully saturated rings. The molecule has 0 N–H and O–H groups in total. The molecule has 0 amide bonds. The van der Waals surface area contributed by atoms with Crippen LogP contribution in [-0.4, -0.2) is 0 Å². The molecule has 0 heterocycles. The zero-order valence-corrected chi connectivity index (χ0v) is 25.5. The summed E-state index contributed by atoms with van der Waals surface area (Å²) in [4.78, 5) is 0. The third kappa shape index (κ3) is 5.78. The van der Waals surface area contributed by atoms with Crippen molar-refractivity contribution < 1.29 is 43.9 Å².